The molecule has 0 unspecified atom stereocenters. The maximum absolute atomic E-state index is 10.8. The predicted molar refractivity (Wildman–Crippen MR) is 78.3 cm³/mol. The van der Waals surface area contributed by atoms with Crippen LogP contribution in [0.3, 0.4) is 0 Å². The number of hydrogen-bond donors (Lipinski definition) is 1. The molecule has 0 atom stereocenters. The van der Waals surface area contributed by atoms with Gasteiger partial charge < -0.3 is 4.98 Å². The zero-order valence-corrected chi connectivity index (χ0v) is 10.6. The molecule has 0 bridgehead atoms. The van der Waals surface area contributed by atoms with Gasteiger partial charge in [-0.05, 0) is 42.5 Å². The maximum atomic E-state index is 10.8. The van der Waals surface area contributed by atoms with Crippen LogP contribution in [0.15, 0.2) is 55.0 Å². The number of H-pyrrole nitrogens is 1. The average molecular weight is 261 g/mol. The molecule has 2 aromatic carbocycles. The molecule has 1 N–H and O–H groups in total. The van der Waals surface area contributed by atoms with Crippen LogP contribution in [0.5, 0.6) is 0 Å². The summed E-state index contributed by atoms with van der Waals surface area (Å²) in [5.74, 6) is 0. The second kappa shape index (κ2) is 4.06. The van der Waals surface area contributed by atoms with E-state index in [1.165, 1.54) is 0 Å². The third-order valence-electron chi connectivity index (χ3n) is 3.52. The fourth-order valence-electron chi connectivity index (χ4n) is 2.50. The highest BCUT2D eigenvalue weighted by Gasteiger charge is 2.06. The van der Waals surface area contributed by atoms with Gasteiger partial charge in [0.2, 0.25) is 0 Å². The molecular weight excluding hydrogens is 250 g/mol. The average Bonchev–Trinajstić information content (AvgIpc) is 3.11. The van der Waals surface area contributed by atoms with Crippen molar-refractivity contribution in [1.29, 1.82) is 0 Å². The summed E-state index contributed by atoms with van der Waals surface area (Å²) in [6.45, 7) is 0. The van der Waals surface area contributed by atoms with Crippen molar-refractivity contribution in [3.63, 3.8) is 0 Å². The Bertz CT molecular complexity index is 933. The lowest BCUT2D eigenvalue weighted by Crippen LogP contribution is -1.91. The lowest BCUT2D eigenvalue weighted by atomic mass is 10.2. The van der Waals surface area contributed by atoms with Gasteiger partial charge in [0.15, 0.2) is 0 Å². The molecule has 0 aliphatic rings. The van der Waals surface area contributed by atoms with Crippen LogP contribution < -0.4 is 0 Å². The Hall–Kier alpha value is -2.88. The molecule has 0 saturated heterocycles. The van der Waals surface area contributed by atoms with Crippen molar-refractivity contribution in [2.75, 3.05) is 0 Å². The molecule has 2 aromatic heterocycles. The molecule has 0 saturated carbocycles. The molecule has 96 valence electrons. The van der Waals surface area contributed by atoms with E-state index in [-0.39, 0.29) is 0 Å². The van der Waals surface area contributed by atoms with Crippen molar-refractivity contribution in [1.82, 2.24) is 14.5 Å². The molecule has 20 heavy (non-hydrogen) atoms. The Morgan fingerprint density at radius 2 is 2.05 bits per heavy atom. The quantitative estimate of drug-likeness (QED) is 0.563. The van der Waals surface area contributed by atoms with Gasteiger partial charge in [0.1, 0.15) is 12.6 Å². The number of nitrogens with one attached hydrogen (secondary N) is 1. The Labute approximate surface area is 114 Å². The van der Waals surface area contributed by atoms with E-state index in [0.717, 1.165) is 33.9 Å². The van der Waals surface area contributed by atoms with Gasteiger partial charge in [0, 0.05) is 28.4 Å². The molecule has 0 spiro atoms. The number of carbonyl (C=O) groups is 1. The standard InChI is InChI=1S/C16H11N3O/c20-9-11-1-4-16-15(7-11)18-10-19(16)13-2-3-14-12(8-13)5-6-17-14/h1-10,17H. The second-order valence-corrected chi connectivity index (χ2v) is 4.73. The molecule has 4 aromatic rings. The van der Waals surface area contributed by atoms with Crippen molar-refractivity contribution in [2.24, 2.45) is 0 Å². The van der Waals surface area contributed by atoms with E-state index in [1.54, 1.807) is 12.4 Å². The van der Waals surface area contributed by atoms with Crippen LogP contribution in [-0.4, -0.2) is 20.8 Å². The summed E-state index contributed by atoms with van der Waals surface area (Å²) in [5.41, 5.74) is 4.62. The van der Waals surface area contributed by atoms with Gasteiger partial charge in [-0.2, -0.15) is 0 Å². The van der Waals surface area contributed by atoms with E-state index in [0.29, 0.717) is 5.56 Å². The van der Waals surface area contributed by atoms with Crippen LogP contribution in [0.1, 0.15) is 10.4 Å². The molecular formula is C16H11N3O. The minimum Gasteiger partial charge on any atom is -0.361 e. The van der Waals surface area contributed by atoms with Crippen LogP contribution in [0.25, 0.3) is 27.6 Å². The number of hydrogen-bond acceptors (Lipinski definition) is 2. The highest BCUT2D eigenvalue weighted by molar-refractivity contribution is 5.87. The highest BCUT2D eigenvalue weighted by atomic mass is 16.1. The summed E-state index contributed by atoms with van der Waals surface area (Å²) in [6.07, 6.45) is 4.55. The lowest BCUT2D eigenvalue weighted by molar-refractivity contribution is 0.112. The van der Waals surface area contributed by atoms with E-state index >= 15 is 0 Å². The summed E-state index contributed by atoms with van der Waals surface area (Å²) in [7, 11) is 0. The first-order chi connectivity index (χ1) is 9.85. The third kappa shape index (κ3) is 1.55. The summed E-state index contributed by atoms with van der Waals surface area (Å²) in [5, 5.41) is 1.16. The van der Waals surface area contributed by atoms with Crippen molar-refractivity contribution >= 4 is 28.2 Å². The van der Waals surface area contributed by atoms with E-state index in [9.17, 15) is 4.79 Å². The second-order valence-electron chi connectivity index (χ2n) is 4.73. The Morgan fingerprint density at radius 3 is 2.95 bits per heavy atom. The number of benzene rings is 2. The highest BCUT2D eigenvalue weighted by Crippen LogP contribution is 2.22. The molecule has 0 aliphatic heterocycles. The maximum Gasteiger partial charge on any atom is 0.150 e. The molecule has 0 aliphatic carbocycles. The van der Waals surface area contributed by atoms with E-state index in [4.69, 9.17) is 0 Å². The minimum atomic E-state index is 0.642. The van der Waals surface area contributed by atoms with Crippen LogP contribution in [-0.2, 0) is 0 Å². The molecule has 4 heteroatoms. The van der Waals surface area contributed by atoms with E-state index < -0.39 is 0 Å². The van der Waals surface area contributed by atoms with Gasteiger partial charge in [-0.15, -0.1) is 0 Å². The summed E-state index contributed by atoms with van der Waals surface area (Å²) >= 11 is 0. The summed E-state index contributed by atoms with van der Waals surface area (Å²) in [6, 6.07) is 13.8. The Kier molecular flexibility index (Phi) is 2.23. The lowest BCUT2D eigenvalue weighted by Gasteiger charge is -2.04. The van der Waals surface area contributed by atoms with E-state index in [1.807, 2.05) is 35.0 Å². The molecule has 4 nitrogen and oxygen atoms in total. The first kappa shape index (κ1) is 11.0. The monoisotopic (exact) mass is 261 g/mol. The number of aldehydes is 1. The summed E-state index contributed by atoms with van der Waals surface area (Å²) in [4.78, 5) is 18.4. The zero-order valence-electron chi connectivity index (χ0n) is 10.6. The molecule has 4 rings (SSSR count). The number of nitrogens with zero attached hydrogens (tertiary/aromatic N) is 2. The fraction of sp³-hybridized carbons (Fsp3) is 0. The SMILES string of the molecule is O=Cc1ccc2c(c1)ncn2-c1ccc2[nH]ccc2c1. The first-order valence-electron chi connectivity index (χ1n) is 6.35. The van der Waals surface area contributed by atoms with Crippen LogP contribution in [0.4, 0.5) is 0 Å². The summed E-state index contributed by atoms with van der Waals surface area (Å²) < 4.78 is 2.02. The number of carbonyl (C=O) groups excluding carboxylic acids is 1. The van der Waals surface area contributed by atoms with Gasteiger partial charge in [-0.3, -0.25) is 9.36 Å². The normalized spacial score (nSPS) is 11.2. The van der Waals surface area contributed by atoms with Crippen molar-refractivity contribution in [2.45, 2.75) is 0 Å². The zero-order chi connectivity index (χ0) is 13.5. The minimum absolute atomic E-state index is 0.642. The van der Waals surface area contributed by atoms with Gasteiger partial charge in [-0.1, -0.05) is 0 Å². The molecule has 2 heterocycles. The Morgan fingerprint density at radius 1 is 1.10 bits per heavy atom. The van der Waals surface area contributed by atoms with Crippen LogP contribution in [0.2, 0.25) is 0 Å². The van der Waals surface area contributed by atoms with Gasteiger partial charge in [-0.25, -0.2) is 4.98 Å². The van der Waals surface area contributed by atoms with Crippen molar-refractivity contribution in [3.05, 3.63) is 60.6 Å². The number of aromatic amines is 1. The topological polar surface area (TPSA) is 50.7 Å². The Balaban J connectivity index is 1.94. The number of fused-ring (bicyclic) bond motifs is 2. The predicted octanol–water partition coefficient (Wildman–Crippen LogP) is 3.32. The first-order valence-corrected chi connectivity index (χ1v) is 6.35. The molecule has 0 fully saturated rings. The van der Waals surface area contributed by atoms with Gasteiger partial charge in [0.25, 0.3) is 0 Å². The number of imidazole rings is 1. The number of aromatic nitrogens is 3. The van der Waals surface area contributed by atoms with Gasteiger partial charge >= 0.3 is 0 Å². The van der Waals surface area contributed by atoms with Crippen LogP contribution in [0, 0.1) is 0 Å². The fourth-order valence-corrected chi connectivity index (χ4v) is 2.50. The number of rotatable bonds is 2. The van der Waals surface area contributed by atoms with Crippen LogP contribution >= 0.6 is 0 Å². The third-order valence-corrected chi connectivity index (χ3v) is 3.52. The van der Waals surface area contributed by atoms with Crippen molar-refractivity contribution in [3.8, 4) is 5.69 Å². The largest absolute Gasteiger partial charge is 0.361 e. The molecule has 0 radical (unpaired) electrons. The smallest absolute Gasteiger partial charge is 0.150 e. The van der Waals surface area contributed by atoms with Gasteiger partial charge in [0.05, 0.1) is 11.0 Å². The molecule has 0 amide bonds. The van der Waals surface area contributed by atoms with E-state index in [2.05, 4.69) is 22.1 Å². The van der Waals surface area contributed by atoms with Crippen molar-refractivity contribution < 1.29 is 4.79 Å².